The highest BCUT2D eigenvalue weighted by Crippen LogP contribution is 2.21. The molecule has 0 saturated carbocycles. The van der Waals surface area contributed by atoms with Gasteiger partial charge in [-0.25, -0.2) is 4.79 Å². The van der Waals surface area contributed by atoms with Crippen molar-refractivity contribution in [3.05, 3.63) is 35.8 Å². The van der Waals surface area contributed by atoms with E-state index < -0.39 is 5.97 Å². The van der Waals surface area contributed by atoms with Crippen LogP contribution in [0.2, 0.25) is 0 Å². The Labute approximate surface area is 92.4 Å². The van der Waals surface area contributed by atoms with Crippen molar-refractivity contribution < 1.29 is 9.90 Å². The van der Waals surface area contributed by atoms with Gasteiger partial charge >= 0.3 is 5.97 Å². The second-order valence-electron chi connectivity index (χ2n) is 3.53. The van der Waals surface area contributed by atoms with Crippen LogP contribution < -0.4 is 0 Å². The van der Waals surface area contributed by atoms with Gasteiger partial charge < -0.3 is 5.11 Å². The summed E-state index contributed by atoms with van der Waals surface area (Å²) in [6, 6.07) is 3.41. The maximum atomic E-state index is 10.9. The number of pyridine rings is 1. The summed E-state index contributed by atoms with van der Waals surface area (Å²) in [6.45, 7) is 1.94. The van der Waals surface area contributed by atoms with Crippen molar-refractivity contribution in [2.45, 2.75) is 6.92 Å². The summed E-state index contributed by atoms with van der Waals surface area (Å²) >= 11 is 0. The molecule has 5 heteroatoms. The lowest BCUT2D eigenvalue weighted by atomic mass is 10.1. The minimum absolute atomic E-state index is 0.165. The lowest BCUT2D eigenvalue weighted by Crippen LogP contribution is -2.04. The number of carbonyl (C=O) groups is 1. The molecule has 16 heavy (non-hydrogen) atoms. The third kappa shape index (κ3) is 1.67. The van der Waals surface area contributed by atoms with E-state index in [1.807, 2.05) is 13.0 Å². The molecule has 0 spiro atoms. The lowest BCUT2D eigenvalue weighted by molar-refractivity contribution is 0.0685. The molecule has 0 aliphatic carbocycles. The highest BCUT2D eigenvalue weighted by molar-refractivity contribution is 5.87. The summed E-state index contributed by atoms with van der Waals surface area (Å²) in [7, 11) is 1.61. The maximum absolute atomic E-state index is 10.9. The fourth-order valence-electron chi connectivity index (χ4n) is 1.53. The van der Waals surface area contributed by atoms with Crippen molar-refractivity contribution in [1.29, 1.82) is 0 Å². The zero-order valence-electron chi connectivity index (χ0n) is 9.01. The zero-order valence-corrected chi connectivity index (χ0v) is 9.01. The second-order valence-corrected chi connectivity index (χ2v) is 3.53. The quantitative estimate of drug-likeness (QED) is 0.827. The Balaban J connectivity index is 2.54. The normalized spacial score (nSPS) is 10.4. The van der Waals surface area contributed by atoms with E-state index in [0.29, 0.717) is 5.69 Å². The van der Waals surface area contributed by atoms with Crippen molar-refractivity contribution in [2.24, 2.45) is 7.05 Å². The summed E-state index contributed by atoms with van der Waals surface area (Å²) in [5.74, 6) is -0.984. The van der Waals surface area contributed by atoms with E-state index in [0.717, 1.165) is 11.1 Å². The van der Waals surface area contributed by atoms with Crippen LogP contribution in [0.3, 0.4) is 0 Å². The number of hydrogen-bond donors (Lipinski definition) is 1. The van der Waals surface area contributed by atoms with Crippen molar-refractivity contribution in [3.63, 3.8) is 0 Å². The van der Waals surface area contributed by atoms with E-state index in [9.17, 15) is 4.79 Å². The average molecular weight is 217 g/mol. The highest BCUT2D eigenvalue weighted by Gasteiger charge is 2.13. The first-order chi connectivity index (χ1) is 7.59. The van der Waals surface area contributed by atoms with Crippen molar-refractivity contribution in [1.82, 2.24) is 14.8 Å². The number of nitrogens with zero attached hydrogens (tertiary/aromatic N) is 3. The van der Waals surface area contributed by atoms with Crippen LogP contribution in [0.25, 0.3) is 11.3 Å². The van der Waals surface area contributed by atoms with Crippen LogP contribution in [0.15, 0.2) is 24.5 Å². The fourth-order valence-corrected chi connectivity index (χ4v) is 1.53. The van der Waals surface area contributed by atoms with E-state index in [-0.39, 0.29) is 5.69 Å². The molecule has 0 unspecified atom stereocenters. The number of carboxylic acid groups (broad SMARTS) is 1. The largest absolute Gasteiger partial charge is 0.477 e. The summed E-state index contributed by atoms with van der Waals surface area (Å²) in [6.07, 6.45) is 3.38. The third-order valence-electron chi connectivity index (χ3n) is 2.41. The maximum Gasteiger partial charge on any atom is 0.354 e. The number of aryl methyl sites for hydroxylation is 2. The predicted molar refractivity (Wildman–Crippen MR) is 58.1 cm³/mol. The molecule has 0 fully saturated rings. The van der Waals surface area contributed by atoms with Gasteiger partial charge in [0.1, 0.15) is 5.69 Å². The molecule has 2 heterocycles. The van der Waals surface area contributed by atoms with Gasteiger partial charge in [-0.1, -0.05) is 0 Å². The Morgan fingerprint density at radius 2 is 2.25 bits per heavy atom. The Hall–Kier alpha value is -2.17. The van der Waals surface area contributed by atoms with Crippen molar-refractivity contribution in [2.75, 3.05) is 0 Å². The van der Waals surface area contributed by atoms with Gasteiger partial charge in [0.05, 0.1) is 5.69 Å². The highest BCUT2D eigenvalue weighted by atomic mass is 16.4. The first kappa shape index (κ1) is 10.4. The third-order valence-corrected chi connectivity index (χ3v) is 2.41. The summed E-state index contributed by atoms with van der Waals surface area (Å²) in [5, 5.41) is 13.1. The van der Waals surface area contributed by atoms with Crippen molar-refractivity contribution >= 4 is 5.97 Å². The molecule has 0 aliphatic rings. The molecule has 0 amide bonds. The van der Waals surface area contributed by atoms with Gasteiger partial charge in [-0.3, -0.25) is 9.67 Å². The lowest BCUT2D eigenvalue weighted by Gasteiger charge is -1.99. The molecule has 0 bridgehead atoms. The zero-order chi connectivity index (χ0) is 11.7. The smallest absolute Gasteiger partial charge is 0.354 e. The molecule has 5 nitrogen and oxygen atoms in total. The molecule has 0 saturated heterocycles. The minimum Gasteiger partial charge on any atom is -0.477 e. The number of carboxylic acids is 1. The van der Waals surface area contributed by atoms with Gasteiger partial charge in [-0.2, -0.15) is 5.10 Å². The topological polar surface area (TPSA) is 68.0 Å². The summed E-state index contributed by atoms with van der Waals surface area (Å²) < 4.78 is 1.35. The fraction of sp³-hybridized carbons (Fsp3) is 0.182. The van der Waals surface area contributed by atoms with Gasteiger partial charge in [0.15, 0.2) is 0 Å². The summed E-state index contributed by atoms with van der Waals surface area (Å²) in [4.78, 5) is 14.9. The summed E-state index contributed by atoms with van der Waals surface area (Å²) in [5.41, 5.74) is 2.67. The number of rotatable bonds is 2. The molecule has 0 aliphatic heterocycles. The van der Waals surface area contributed by atoms with Crippen LogP contribution in [-0.4, -0.2) is 25.8 Å². The second kappa shape index (κ2) is 3.77. The SMILES string of the molecule is Cc1ccncc1-c1cc(C(=O)O)n(C)n1. The van der Waals surface area contributed by atoms with E-state index in [2.05, 4.69) is 10.1 Å². The van der Waals surface area contributed by atoms with Crippen LogP contribution in [0, 0.1) is 6.92 Å². The molecule has 2 aromatic heterocycles. The van der Waals surface area contributed by atoms with Gasteiger partial charge in [0.2, 0.25) is 0 Å². The molecule has 2 aromatic rings. The molecule has 0 aromatic carbocycles. The first-order valence-electron chi connectivity index (χ1n) is 4.78. The first-order valence-corrected chi connectivity index (χ1v) is 4.78. The number of aromatic nitrogens is 3. The van der Waals surface area contributed by atoms with Crippen LogP contribution in [-0.2, 0) is 7.05 Å². The van der Waals surface area contributed by atoms with Crippen molar-refractivity contribution in [3.8, 4) is 11.3 Å². The Bertz CT molecular complexity index is 546. The molecular weight excluding hydrogens is 206 g/mol. The standard InChI is InChI=1S/C11H11N3O2/c1-7-3-4-12-6-8(7)9-5-10(11(15)16)14(2)13-9/h3-6H,1-2H3,(H,15,16). The van der Waals surface area contributed by atoms with Gasteiger partial charge in [-0.05, 0) is 24.6 Å². The average Bonchev–Trinajstić information content (AvgIpc) is 2.61. The molecular formula is C11H11N3O2. The van der Waals surface area contributed by atoms with Gasteiger partial charge in [0.25, 0.3) is 0 Å². The van der Waals surface area contributed by atoms with Gasteiger partial charge in [0, 0.05) is 25.0 Å². The monoisotopic (exact) mass is 217 g/mol. The Kier molecular flexibility index (Phi) is 2.44. The van der Waals surface area contributed by atoms with Crippen LogP contribution in [0.4, 0.5) is 0 Å². The minimum atomic E-state index is -0.984. The number of aromatic carboxylic acids is 1. The molecule has 1 N–H and O–H groups in total. The van der Waals surface area contributed by atoms with Crippen LogP contribution in [0.1, 0.15) is 16.1 Å². The van der Waals surface area contributed by atoms with E-state index in [4.69, 9.17) is 5.11 Å². The van der Waals surface area contributed by atoms with Crippen LogP contribution >= 0.6 is 0 Å². The number of hydrogen-bond acceptors (Lipinski definition) is 3. The van der Waals surface area contributed by atoms with Gasteiger partial charge in [-0.15, -0.1) is 0 Å². The molecule has 2 rings (SSSR count). The Morgan fingerprint density at radius 3 is 2.81 bits per heavy atom. The van der Waals surface area contributed by atoms with E-state index in [1.54, 1.807) is 25.5 Å². The van der Waals surface area contributed by atoms with E-state index >= 15 is 0 Å². The predicted octanol–water partition coefficient (Wildman–Crippen LogP) is 1.49. The van der Waals surface area contributed by atoms with Crippen LogP contribution in [0.5, 0.6) is 0 Å². The van der Waals surface area contributed by atoms with E-state index in [1.165, 1.54) is 4.68 Å². The molecule has 82 valence electrons. The Morgan fingerprint density at radius 1 is 1.50 bits per heavy atom. The molecule has 0 radical (unpaired) electrons. The molecule has 0 atom stereocenters.